The van der Waals surface area contributed by atoms with Crippen molar-refractivity contribution in [1.29, 1.82) is 0 Å². The lowest BCUT2D eigenvalue weighted by Crippen LogP contribution is -2.41. The molecule has 0 amide bonds. The predicted molar refractivity (Wildman–Crippen MR) is 119 cm³/mol. The van der Waals surface area contributed by atoms with E-state index >= 15 is 0 Å². The van der Waals surface area contributed by atoms with E-state index < -0.39 is 8.32 Å². The molecule has 0 radical (unpaired) electrons. The number of aryl methyl sites for hydroxylation is 1. The van der Waals surface area contributed by atoms with Crippen molar-refractivity contribution in [1.82, 2.24) is 5.32 Å². The van der Waals surface area contributed by atoms with Gasteiger partial charge in [-0.1, -0.05) is 44.0 Å². The van der Waals surface area contributed by atoms with Gasteiger partial charge in [0.2, 0.25) is 0 Å². The first kappa shape index (κ1) is 21.6. The fraction of sp³-hybridized carbons (Fsp3) is 0.727. The van der Waals surface area contributed by atoms with Crippen LogP contribution in [0.25, 0.3) is 0 Å². The Kier molecular flexibility index (Phi) is 7.01. The number of halogens is 2. The van der Waals surface area contributed by atoms with Crippen LogP contribution in [0.2, 0.25) is 28.2 Å². The van der Waals surface area contributed by atoms with E-state index in [1.165, 1.54) is 25.7 Å². The van der Waals surface area contributed by atoms with Crippen LogP contribution in [-0.4, -0.2) is 21.4 Å². The van der Waals surface area contributed by atoms with Gasteiger partial charge in [-0.3, -0.25) is 0 Å². The minimum absolute atomic E-state index is 0.0629. The minimum Gasteiger partial charge on any atom is -0.409 e. The smallest absolute Gasteiger partial charge is 0.192 e. The molecule has 5 heteroatoms. The molecule has 1 unspecified atom stereocenters. The second-order valence-electron chi connectivity index (χ2n) is 8.92. The van der Waals surface area contributed by atoms with Gasteiger partial charge in [0.1, 0.15) is 0 Å². The van der Waals surface area contributed by atoms with E-state index in [2.05, 4.69) is 26.1 Å². The first-order chi connectivity index (χ1) is 12.9. The largest absolute Gasteiger partial charge is 0.409 e. The van der Waals surface area contributed by atoms with Crippen LogP contribution in [0.4, 0.5) is 0 Å². The van der Waals surface area contributed by atoms with E-state index in [-0.39, 0.29) is 6.10 Å². The van der Waals surface area contributed by atoms with Crippen molar-refractivity contribution >= 4 is 31.5 Å². The highest BCUT2D eigenvalue weighted by Gasteiger charge is 2.52. The summed E-state index contributed by atoms with van der Waals surface area (Å²) in [6, 6.07) is 7.40. The van der Waals surface area contributed by atoms with Crippen LogP contribution in [-0.2, 0) is 4.43 Å². The predicted octanol–water partition coefficient (Wildman–Crippen LogP) is 7.14. The normalized spacial score (nSPS) is 19.9. The Morgan fingerprint density at radius 1 is 1.11 bits per heavy atom. The molecular formula is C22H35Cl2NOSi. The van der Waals surface area contributed by atoms with E-state index in [0.717, 1.165) is 63.7 Å². The minimum atomic E-state index is -1.76. The molecule has 1 aromatic carbocycles. The van der Waals surface area contributed by atoms with Gasteiger partial charge in [-0.2, -0.15) is 0 Å². The Morgan fingerprint density at radius 2 is 1.67 bits per heavy atom. The zero-order valence-electron chi connectivity index (χ0n) is 17.3. The molecule has 1 atom stereocenters. The summed E-state index contributed by atoms with van der Waals surface area (Å²) in [4.78, 5) is 0. The van der Waals surface area contributed by atoms with Crippen molar-refractivity contribution in [3.8, 4) is 0 Å². The molecule has 2 fully saturated rings. The maximum atomic E-state index is 6.87. The molecule has 2 nitrogen and oxygen atoms in total. The molecule has 1 N–H and O–H groups in total. The Morgan fingerprint density at radius 3 is 2.15 bits per heavy atom. The summed E-state index contributed by atoms with van der Waals surface area (Å²) < 4.78 is 6.87. The maximum Gasteiger partial charge on any atom is 0.192 e. The van der Waals surface area contributed by atoms with Crippen molar-refractivity contribution < 1.29 is 4.43 Å². The third-order valence-corrected chi connectivity index (χ3v) is 12.3. The maximum absolute atomic E-state index is 6.87. The molecule has 0 bridgehead atoms. The van der Waals surface area contributed by atoms with E-state index in [9.17, 15) is 0 Å². The molecule has 27 heavy (non-hydrogen) atoms. The molecule has 0 heterocycles. The van der Waals surface area contributed by atoms with Crippen LogP contribution >= 0.6 is 23.2 Å². The van der Waals surface area contributed by atoms with Crippen LogP contribution in [0.15, 0.2) is 12.1 Å². The molecule has 3 rings (SSSR count). The second kappa shape index (κ2) is 8.75. The zero-order chi connectivity index (χ0) is 19.7. The highest BCUT2D eigenvalue weighted by Crippen LogP contribution is 2.63. The molecule has 0 aliphatic heterocycles. The van der Waals surface area contributed by atoms with Gasteiger partial charge in [0.05, 0.1) is 6.10 Å². The van der Waals surface area contributed by atoms with Crippen molar-refractivity contribution in [2.75, 3.05) is 13.1 Å². The highest BCUT2D eigenvalue weighted by atomic mass is 35.5. The number of rotatable bonds is 10. The van der Waals surface area contributed by atoms with Crippen LogP contribution in [0.5, 0.6) is 0 Å². The Labute approximate surface area is 176 Å². The monoisotopic (exact) mass is 427 g/mol. The fourth-order valence-electron chi connectivity index (χ4n) is 4.84. The zero-order valence-corrected chi connectivity index (χ0v) is 19.8. The lowest BCUT2D eigenvalue weighted by molar-refractivity contribution is 0.148. The lowest BCUT2D eigenvalue weighted by Gasteiger charge is -2.37. The van der Waals surface area contributed by atoms with Crippen molar-refractivity contribution in [2.45, 2.75) is 77.6 Å². The van der Waals surface area contributed by atoms with Gasteiger partial charge < -0.3 is 9.74 Å². The summed E-state index contributed by atoms with van der Waals surface area (Å²) in [6.45, 7) is 10.7. The Balaban J connectivity index is 1.71. The summed E-state index contributed by atoms with van der Waals surface area (Å²) >= 11 is 13.3. The highest BCUT2D eigenvalue weighted by molar-refractivity contribution is 6.73. The Bertz CT molecular complexity index is 618. The summed E-state index contributed by atoms with van der Waals surface area (Å²) in [6.07, 6.45) is 5.68. The standard InChI is InChI=1S/C22H35Cl2NOSi/c1-5-27(6-2,7-3)26-20(21-18(23)10-16(4)11-19(21)24)15-25-14-17-12-22(13-17)8-9-22/h10-11,17,20,25H,5-9,12-15H2,1-4H3. The Hall–Kier alpha value is -0.0631. The molecule has 2 saturated carbocycles. The SMILES string of the molecule is CC[Si](CC)(CC)OC(CNCC1CC2(CC2)C1)c1c(Cl)cc(C)cc1Cl. The van der Waals surface area contributed by atoms with E-state index in [0.29, 0.717) is 0 Å². The number of hydrogen-bond donors (Lipinski definition) is 1. The first-order valence-corrected chi connectivity index (χ1v) is 14.0. The van der Waals surface area contributed by atoms with Crippen LogP contribution in [0, 0.1) is 18.3 Å². The summed E-state index contributed by atoms with van der Waals surface area (Å²) in [7, 11) is -1.76. The average molecular weight is 429 g/mol. The molecule has 152 valence electrons. The van der Waals surface area contributed by atoms with Crippen LogP contribution in [0.3, 0.4) is 0 Å². The fourth-order valence-corrected chi connectivity index (χ4v) is 8.48. The second-order valence-corrected chi connectivity index (χ2v) is 14.5. The van der Waals surface area contributed by atoms with Gasteiger partial charge in [-0.15, -0.1) is 0 Å². The summed E-state index contributed by atoms with van der Waals surface area (Å²) in [5, 5.41) is 5.16. The van der Waals surface area contributed by atoms with Crippen molar-refractivity contribution in [2.24, 2.45) is 11.3 Å². The molecule has 1 spiro atoms. The van der Waals surface area contributed by atoms with Gasteiger partial charge in [0.25, 0.3) is 0 Å². The molecule has 2 aliphatic rings. The summed E-state index contributed by atoms with van der Waals surface area (Å²) in [5.41, 5.74) is 2.83. The molecule has 0 aromatic heterocycles. The third kappa shape index (κ3) is 4.92. The molecule has 2 aliphatic carbocycles. The molecular weight excluding hydrogens is 393 g/mol. The van der Waals surface area contributed by atoms with Crippen LogP contribution in [0.1, 0.15) is 63.7 Å². The topological polar surface area (TPSA) is 21.3 Å². The van der Waals surface area contributed by atoms with Gasteiger partial charge in [0, 0.05) is 22.2 Å². The average Bonchev–Trinajstić information content (AvgIpc) is 3.39. The summed E-state index contributed by atoms with van der Waals surface area (Å²) in [5.74, 6) is 0.836. The van der Waals surface area contributed by atoms with E-state index in [1.807, 2.05) is 19.1 Å². The van der Waals surface area contributed by atoms with Crippen molar-refractivity contribution in [3.05, 3.63) is 33.3 Å². The number of hydrogen-bond acceptors (Lipinski definition) is 2. The van der Waals surface area contributed by atoms with Crippen molar-refractivity contribution in [3.63, 3.8) is 0 Å². The van der Waals surface area contributed by atoms with Gasteiger partial charge in [-0.25, -0.2) is 0 Å². The molecule has 0 saturated heterocycles. The van der Waals surface area contributed by atoms with E-state index in [1.54, 1.807) is 0 Å². The number of nitrogens with one attached hydrogen (secondary N) is 1. The van der Waals surface area contributed by atoms with E-state index in [4.69, 9.17) is 27.6 Å². The lowest BCUT2D eigenvalue weighted by atomic mass is 9.72. The van der Waals surface area contributed by atoms with Gasteiger partial charge in [-0.05, 0) is 86.3 Å². The number of benzene rings is 1. The first-order valence-electron chi connectivity index (χ1n) is 10.7. The van der Waals surface area contributed by atoms with Crippen LogP contribution < -0.4 is 5.32 Å². The quantitative estimate of drug-likeness (QED) is 0.400. The third-order valence-electron chi connectivity index (χ3n) is 7.03. The van der Waals surface area contributed by atoms with Gasteiger partial charge >= 0.3 is 0 Å². The van der Waals surface area contributed by atoms with Gasteiger partial charge in [0.15, 0.2) is 8.32 Å². The molecule has 1 aromatic rings.